The average Bonchev–Trinajstić information content (AvgIpc) is 3.39. The van der Waals surface area contributed by atoms with E-state index in [-0.39, 0.29) is 6.71 Å². The number of nitrogens with zero attached hydrogens (tertiary/aromatic N) is 6. The van der Waals surface area contributed by atoms with Crippen molar-refractivity contribution in [2.24, 2.45) is 0 Å². The fraction of sp³-hybridized carbons (Fsp3) is 0. The van der Waals surface area contributed by atoms with Crippen LogP contribution < -0.4 is 40.6 Å². The van der Waals surface area contributed by atoms with Gasteiger partial charge in [0, 0.05) is 50.7 Å². The number of ether oxygens (including phenoxy) is 2. The summed E-state index contributed by atoms with van der Waals surface area (Å²) in [6.45, 7) is -0.282. The number of aromatic nitrogens is 3. The van der Waals surface area contributed by atoms with Gasteiger partial charge in [0.05, 0.1) is 11.4 Å². The molecule has 4 heterocycles. The summed E-state index contributed by atoms with van der Waals surface area (Å²) in [5, 5.41) is 0. The van der Waals surface area contributed by atoms with Gasteiger partial charge in [-0.3, -0.25) is 4.90 Å². The van der Waals surface area contributed by atoms with Gasteiger partial charge in [-0.2, -0.15) is 9.97 Å². The molecule has 0 bridgehead atoms. The minimum Gasteiger partial charge on any atom is -0.456 e. The molecule has 8 nitrogen and oxygen atoms in total. The second-order valence-corrected chi connectivity index (χ2v) is 16.4. The smallest absolute Gasteiger partial charge is 0.266 e. The minimum atomic E-state index is -0.282. The molecule has 0 radical (unpaired) electrons. The Morgan fingerprint density at radius 3 is 1.11 bits per heavy atom. The Bertz CT molecular complexity index is 3140. The van der Waals surface area contributed by atoms with Crippen molar-refractivity contribution < 1.29 is 9.47 Å². The number of hydrogen-bond donors (Lipinski definition) is 0. The molecule has 0 saturated heterocycles. The lowest BCUT2D eigenvalue weighted by Gasteiger charge is -2.44. The standard InChI is InChI=1S/C57H37BN6O2/c1-7-21-38(22-8-1)55-59-56(39-23-9-2-10-24-39)61-57(60-55)64-44-33-19-35-48-50(44)58-51-45(64)34-20-36-49(51)66-54-47(63(42-29-15-5-16-30-42)43-31-17-6-18-32-43)37-46(53(65-48)52(54)58)62(40-25-11-3-12-26-40)41-27-13-4-14-28-41/h1-37H. The van der Waals surface area contributed by atoms with Crippen LogP contribution in [0.3, 0.4) is 0 Å². The van der Waals surface area contributed by atoms with Gasteiger partial charge in [-0.05, 0) is 89.8 Å². The minimum absolute atomic E-state index is 0.282. The zero-order valence-corrected chi connectivity index (χ0v) is 35.4. The van der Waals surface area contributed by atoms with Gasteiger partial charge in [0.2, 0.25) is 5.95 Å². The highest BCUT2D eigenvalue weighted by molar-refractivity contribution is 7.00. The van der Waals surface area contributed by atoms with E-state index in [2.05, 4.69) is 154 Å². The highest BCUT2D eigenvalue weighted by Crippen LogP contribution is 2.54. The summed E-state index contributed by atoms with van der Waals surface area (Å²) in [5.41, 5.74) is 12.3. The summed E-state index contributed by atoms with van der Waals surface area (Å²) >= 11 is 0. The van der Waals surface area contributed by atoms with Crippen molar-refractivity contribution in [3.05, 3.63) is 224 Å². The van der Waals surface area contributed by atoms with Crippen LogP contribution in [0.15, 0.2) is 224 Å². The van der Waals surface area contributed by atoms with Crippen LogP contribution in [-0.2, 0) is 0 Å². The van der Waals surface area contributed by atoms with E-state index in [4.69, 9.17) is 24.4 Å². The van der Waals surface area contributed by atoms with Crippen LogP contribution in [0.4, 0.5) is 51.4 Å². The first-order valence-electron chi connectivity index (χ1n) is 22.1. The molecule has 3 aliphatic heterocycles. The van der Waals surface area contributed by atoms with Gasteiger partial charge in [0.25, 0.3) is 6.71 Å². The summed E-state index contributed by atoms with van der Waals surface area (Å²) in [6, 6.07) is 76.9. The lowest BCUT2D eigenvalue weighted by Crippen LogP contribution is -2.62. The SMILES string of the molecule is c1ccc(-c2nc(-c3ccccc3)nc(N3c4cccc5c4B4c6c(cccc63)Oc3c(N(c6ccccc6)c6ccccc6)cc(N(c6ccccc6)c6ccccc6)c(c34)O5)n2)cc1. The molecule has 10 aromatic rings. The molecule has 9 heteroatoms. The molecule has 0 spiro atoms. The monoisotopic (exact) mass is 848 g/mol. The van der Waals surface area contributed by atoms with Crippen molar-refractivity contribution in [1.82, 2.24) is 15.0 Å². The fourth-order valence-electron chi connectivity index (χ4n) is 9.72. The zero-order valence-electron chi connectivity index (χ0n) is 35.4. The number of rotatable bonds is 9. The van der Waals surface area contributed by atoms with Gasteiger partial charge in [0.15, 0.2) is 23.1 Å². The summed E-state index contributed by atoms with van der Waals surface area (Å²) in [5.74, 6) is 4.60. The summed E-state index contributed by atoms with van der Waals surface area (Å²) in [6.07, 6.45) is 0. The molecule has 0 atom stereocenters. The van der Waals surface area contributed by atoms with Crippen molar-refractivity contribution in [3.8, 4) is 45.8 Å². The van der Waals surface area contributed by atoms with E-state index in [0.717, 1.165) is 96.0 Å². The normalized spacial score (nSPS) is 12.4. The summed E-state index contributed by atoms with van der Waals surface area (Å²) in [4.78, 5) is 22.3. The van der Waals surface area contributed by atoms with E-state index in [1.54, 1.807) is 0 Å². The van der Waals surface area contributed by atoms with Crippen molar-refractivity contribution in [3.63, 3.8) is 0 Å². The number of anilines is 9. The van der Waals surface area contributed by atoms with Crippen molar-refractivity contribution in [2.45, 2.75) is 0 Å². The van der Waals surface area contributed by atoms with Gasteiger partial charge >= 0.3 is 0 Å². The maximum Gasteiger partial charge on any atom is 0.266 e. The van der Waals surface area contributed by atoms with Gasteiger partial charge in [0.1, 0.15) is 11.5 Å². The van der Waals surface area contributed by atoms with E-state index < -0.39 is 0 Å². The Labute approximate surface area is 382 Å². The quantitative estimate of drug-likeness (QED) is 0.133. The Hall–Kier alpha value is -8.95. The van der Waals surface area contributed by atoms with Gasteiger partial charge < -0.3 is 19.3 Å². The van der Waals surface area contributed by atoms with Crippen LogP contribution in [0.25, 0.3) is 22.8 Å². The molecule has 0 amide bonds. The molecule has 0 saturated carbocycles. The molecular weight excluding hydrogens is 811 g/mol. The highest BCUT2D eigenvalue weighted by atomic mass is 16.5. The molecule has 66 heavy (non-hydrogen) atoms. The molecule has 0 aliphatic carbocycles. The van der Waals surface area contributed by atoms with E-state index >= 15 is 0 Å². The predicted molar refractivity (Wildman–Crippen MR) is 266 cm³/mol. The lowest BCUT2D eigenvalue weighted by molar-refractivity contribution is 0.465. The Kier molecular flexibility index (Phi) is 8.77. The maximum absolute atomic E-state index is 7.40. The predicted octanol–water partition coefficient (Wildman–Crippen LogP) is 12.7. The van der Waals surface area contributed by atoms with E-state index in [0.29, 0.717) is 17.6 Å². The molecular formula is C57H37BN6O2. The summed E-state index contributed by atoms with van der Waals surface area (Å²) < 4.78 is 14.8. The number of para-hydroxylation sites is 4. The average molecular weight is 849 g/mol. The van der Waals surface area contributed by atoms with Gasteiger partial charge in [-0.25, -0.2) is 4.98 Å². The van der Waals surface area contributed by atoms with Crippen LogP contribution in [0.2, 0.25) is 0 Å². The first-order valence-corrected chi connectivity index (χ1v) is 22.1. The molecule has 9 aromatic carbocycles. The highest BCUT2D eigenvalue weighted by Gasteiger charge is 2.50. The zero-order chi connectivity index (χ0) is 43.6. The molecule has 3 aliphatic rings. The maximum atomic E-state index is 7.40. The first-order chi connectivity index (χ1) is 32.8. The van der Waals surface area contributed by atoms with Crippen LogP contribution in [0, 0.1) is 0 Å². The Balaban J connectivity index is 1.10. The molecule has 310 valence electrons. The molecule has 1 aromatic heterocycles. The van der Waals surface area contributed by atoms with Gasteiger partial charge in [-0.15, -0.1) is 0 Å². The van der Waals surface area contributed by atoms with Crippen LogP contribution in [-0.4, -0.2) is 21.7 Å². The first kappa shape index (κ1) is 37.6. The van der Waals surface area contributed by atoms with Crippen molar-refractivity contribution in [1.29, 1.82) is 0 Å². The molecule has 0 unspecified atom stereocenters. The Morgan fingerprint density at radius 2 is 0.727 bits per heavy atom. The van der Waals surface area contributed by atoms with Crippen LogP contribution in [0.1, 0.15) is 0 Å². The topological polar surface area (TPSA) is 66.9 Å². The van der Waals surface area contributed by atoms with E-state index in [1.807, 2.05) is 84.9 Å². The largest absolute Gasteiger partial charge is 0.456 e. The second kappa shape index (κ2) is 15.4. The third-order valence-electron chi connectivity index (χ3n) is 12.5. The lowest BCUT2D eigenvalue weighted by atomic mass is 9.33. The molecule has 0 fully saturated rings. The van der Waals surface area contributed by atoms with Crippen LogP contribution >= 0.6 is 0 Å². The molecule has 13 rings (SSSR count). The molecule has 0 N–H and O–H groups in total. The second-order valence-electron chi connectivity index (χ2n) is 16.4. The number of hydrogen-bond acceptors (Lipinski definition) is 8. The van der Waals surface area contributed by atoms with Crippen molar-refractivity contribution >= 4 is 74.5 Å². The van der Waals surface area contributed by atoms with E-state index in [9.17, 15) is 0 Å². The van der Waals surface area contributed by atoms with Crippen molar-refractivity contribution in [2.75, 3.05) is 14.7 Å². The number of benzene rings is 9. The summed E-state index contributed by atoms with van der Waals surface area (Å²) in [7, 11) is 0. The van der Waals surface area contributed by atoms with E-state index in [1.165, 1.54) is 0 Å². The fourth-order valence-corrected chi connectivity index (χ4v) is 9.72. The third-order valence-corrected chi connectivity index (χ3v) is 12.5. The van der Waals surface area contributed by atoms with Gasteiger partial charge in [-0.1, -0.05) is 146 Å². The third kappa shape index (κ3) is 6.05. The Morgan fingerprint density at radius 1 is 0.364 bits per heavy atom. The van der Waals surface area contributed by atoms with Crippen LogP contribution in [0.5, 0.6) is 23.0 Å².